The molecule has 0 spiro atoms. The third kappa shape index (κ3) is 5.02. The van der Waals surface area contributed by atoms with Gasteiger partial charge in [0.05, 0.1) is 0 Å². The maximum atomic E-state index is 14.1. The third-order valence-electron chi connectivity index (χ3n) is 6.66. The monoisotopic (exact) mass is 470 g/mol. The van der Waals surface area contributed by atoms with Crippen LogP contribution < -0.4 is 19.7 Å². The van der Waals surface area contributed by atoms with Crippen LogP contribution in [0.4, 0.5) is 5.69 Å². The molecule has 35 heavy (non-hydrogen) atoms. The fraction of sp³-hybridized carbons (Fsp3) is 0.310. The number of carbonyl (C=O) groups excluding carboxylic acids is 2. The van der Waals surface area contributed by atoms with Crippen molar-refractivity contribution >= 4 is 17.5 Å². The van der Waals surface area contributed by atoms with Crippen molar-refractivity contribution < 1.29 is 19.1 Å². The van der Waals surface area contributed by atoms with Crippen LogP contribution in [-0.4, -0.2) is 30.6 Å². The summed E-state index contributed by atoms with van der Waals surface area (Å²) < 4.78 is 11.9. The normalized spacial score (nSPS) is 18.0. The first-order valence-electron chi connectivity index (χ1n) is 12.2. The Kier molecular flexibility index (Phi) is 6.70. The van der Waals surface area contributed by atoms with E-state index in [1.807, 2.05) is 79.7 Å². The number of amides is 2. The molecule has 1 heterocycles. The van der Waals surface area contributed by atoms with E-state index < -0.39 is 12.1 Å². The van der Waals surface area contributed by atoms with Gasteiger partial charge in [-0.1, -0.05) is 73.0 Å². The molecule has 1 saturated carbocycles. The molecule has 1 N–H and O–H groups in total. The number of anilines is 1. The van der Waals surface area contributed by atoms with Gasteiger partial charge in [-0.15, -0.1) is 0 Å². The van der Waals surface area contributed by atoms with Gasteiger partial charge in [0.2, 0.25) is 12.0 Å². The summed E-state index contributed by atoms with van der Waals surface area (Å²) in [6.45, 7) is 2.08. The van der Waals surface area contributed by atoms with Gasteiger partial charge < -0.3 is 14.8 Å². The summed E-state index contributed by atoms with van der Waals surface area (Å²) in [6.07, 6.45) is 3.25. The van der Waals surface area contributed by atoms with Crippen LogP contribution >= 0.6 is 0 Å². The molecule has 0 saturated heterocycles. The van der Waals surface area contributed by atoms with E-state index in [0.29, 0.717) is 17.2 Å². The zero-order chi connectivity index (χ0) is 24.2. The average molecular weight is 471 g/mol. The standard InChI is InChI=1S/C29H30N2O4/c1-20-15-17-21(18-16-20)27(28(32)30-22-9-5-6-10-22)31(23-11-3-2-4-12-23)29(33)26-19-34-24-13-7-8-14-25(24)35-26/h2-4,7-8,11-18,22,26-27H,5-6,9-10,19H2,1H3,(H,30,32)/t26-,27-/m0/s1. The Morgan fingerprint density at radius 2 is 1.54 bits per heavy atom. The highest BCUT2D eigenvalue weighted by Crippen LogP contribution is 2.34. The van der Waals surface area contributed by atoms with Crippen molar-refractivity contribution in [3.05, 3.63) is 90.0 Å². The summed E-state index contributed by atoms with van der Waals surface area (Å²) in [5.74, 6) is 0.622. The SMILES string of the molecule is Cc1ccc([C@@H](C(=O)NC2CCCC2)N(C(=O)[C@@H]2COc3ccccc3O2)c2ccccc2)cc1. The molecule has 0 bridgehead atoms. The van der Waals surface area contributed by atoms with Crippen molar-refractivity contribution in [2.75, 3.05) is 11.5 Å². The maximum absolute atomic E-state index is 14.1. The lowest BCUT2D eigenvalue weighted by molar-refractivity contribution is -0.132. The van der Waals surface area contributed by atoms with E-state index in [1.165, 1.54) is 0 Å². The van der Waals surface area contributed by atoms with Gasteiger partial charge in [0.1, 0.15) is 12.6 Å². The minimum absolute atomic E-state index is 0.0735. The van der Waals surface area contributed by atoms with Crippen molar-refractivity contribution in [1.82, 2.24) is 5.32 Å². The fourth-order valence-corrected chi connectivity index (χ4v) is 4.81. The minimum Gasteiger partial charge on any atom is -0.485 e. The molecule has 180 valence electrons. The van der Waals surface area contributed by atoms with Crippen molar-refractivity contribution in [2.24, 2.45) is 0 Å². The van der Waals surface area contributed by atoms with Crippen LogP contribution in [0.2, 0.25) is 0 Å². The van der Waals surface area contributed by atoms with Gasteiger partial charge in [0.15, 0.2) is 11.5 Å². The summed E-state index contributed by atoms with van der Waals surface area (Å²) >= 11 is 0. The van der Waals surface area contributed by atoms with Gasteiger partial charge in [-0.3, -0.25) is 14.5 Å². The Morgan fingerprint density at radius 3 is 2.26 bits per heavy atom. The number of hydrogen-bond donors (Lipinski definition) is 1. The molecule has 2 atom stereocenters. The summed E-state index contributed by atoms with van der Waals surface area (Å²) in [4.78, 5) is 29.4. The van der Waals surface area contributed by atoms with Gasteiger partial charge >= 0.3 is 0 Å². The largest absolute Gasteiger partial charge is 0.485 e. The van der Waals surface area contributed by atoms with E-state index in [4.69, 9.17) is 9.47 Å². The smallest absolute Gasteiger partial charge is 0.272 e. The van der Waals surface area contributed by atoms with Crippen LogP contribution in [0, 0.1) is 6.92 Å². The molecule has 3 aromatic rings. The first-order chi connectivity index (χ1) is 17.1. The molecule has 2 amide bonds. The number of para-hydroxylation sites is 3. The lowest BCUT2D eigenvalue weighted by Crippen LogP contribution is -2.52. The van der Waals surface area contributed by atoms with Crippen LogP contribution in [0.25, 0.3) is 0 Å². The second-order valence-corrected chi connectivity index (χ2v) is 9.21. The quantitative estimate of drug-likeness (QED) is 0.553. The Hall–Kier alpha value is -3.80. The van der Waals surface area contributed by atoms with Crippen LogP contribution in [0.15, 0.2) is 78.9 Å². The molecule has 0 radical (unpaired) electrons. The molecule has 6 heteroatoms. The highest BCUT2D eigenvalue weighted by molar-refractivity contribution is 6.03. The summed E-state index contributed by atoms with van der Waals surface area (Å²) in [5.41, 5.74) is 2.47. The number of rotatable bonds is 6. The van der Waals surface area contributed by atoms with Gasteiger partial charge in [0, 0.05) is 11.7 Å². The van der Waals surface area contributed by atoms with Gasteiger partial charge in [-0.05, 0) is 49.6 Å². The molecular weight excluding hydrogens is 440 g/mol. The van der Waals surface area contributed by atoms with Crippen LogP contribution in [0.1, 0.15) is 42.9 Å². The second kappa shape index (κ2) is 10.2. The first-order valence-corrected chi connectivity index (χ1v) is 12.2. The zero-order valence-corrected chi connectivity index (χ0v) is 19.9. The van der Waals surface area contributed by atoms with Crippen molar-refractivity contribution in [2.45, 2.75) is 50.8 Å². The fourth-order valence-electron chi connectivity index (χ4n) is 4.81. The number of fused-ring (bicyclic) bond motifs is 1. The molecule has 5 rings (SSSR count). The Balaban J connectivity index is 1.53. The lowest BCUT2D eigenvalue weighted by atomic mass is 10.00. The summed E-state index contributed by atoms with van der Waals surface area (Å²) in [6, 6.07) is 23.7. The number of hydrogen-bond acceptors (Lipinski definition) is 4. The number of nitrogens with one attached hydrogen (secondary N) is 1. The average Bonchev–Trinajstić information content (AvgIpc) is 3.41. The number of ether oxygens (including phenoxy) is 2. The molecule has 0 aromatic heterocycles. The van der Waals surface area contributed by atoms with E-state index in [1.54, 1.807) is 11.0 Å². The van der Waals surface area contributed by atoms with Crippen LogP contribution in [0.3, 0.4) is 0 Å². The van der Waals surface area contributed by atoms with Gasteiger partial charge in [0.25, 0.3) is 5.91 Å². The number of aryl methyl sites for hydroxylation is 1. The second-order valence-electron chi connectivity index (χ2n) is 9.21. The van der Waals surface area contributed by atoms with Crippen LogP contribution in [-0.2, 0) is 9.59 Å². The van der Waals surface area contributed by atoms with E-state index in [0.717, 1.165) is 36.8 Å². The molecule has 1 aliphatic carbocycles. The predicted octanol–water partition coefficient (Wildman–Crippen LogP) is 4.97. The van der Waals surface area contributed by atoms with E-state index in [2.05, 4.69) is 5.32 Å². The molecule has 3 aromatic carbocycles. The lowest BCUT2D eigenvalue weighted by Gasteiger charge is -2.35. The molecule has 0 unspecified atom stereocenters. The summed E-state index contributed by atoms with van der Waals surface area (Å²) in [5, 5.41) is 3.21. The van der Waals surface area contributed by atoms with Crippen LogP contribution in [0.5, 0.6) is 11.5 Å². The number of nitrogens with zero attached hydrogens (tertiary/aromatic N) is 1. The Bertz CT molecular complexity index is 1170. The molecule has 2 aliphatic rings. The topological polar surface area (TPSA) is 67.9 Å². The number of carbonyl (C=O) groups is 2. The Morgan fingerprint density at radius 1 is 0.886 bits per heavy atom. The van der Waals surface area contributed by atoms with E-state index in [-0.39, 0.29) is 24.5 Å². The highest BCUT2D eigenvalue weighted by Gasteiger charge is 2.39. The highest BCUT2D eigenvalue weighted by atomic mass is 16.6. The molecular formula is C29H30N2O4. The van der Waals surface area contributed by atoms with E-state index in [9.17, 15) is 9.59 Å². The summed E-state index contributed by atoms with van der Waals surface area (Å²) in [7, 11) is 0. The van der Waals surface area contributed by atoms with Gasteiger partial charge in [-0.2, -0.15) is 0 Å². The van der Waals surface area contributed by atoms with E-state index >= 15 is 0 Å². The Labute approximate surface area is 205 Å². The maximum Gasteiger partial charge on any atom is 0.272 e. The molecule has 6 nitrogen and oxygen atoms in total. The van der Waals surface area contributed by atoms with Crippen molar-refractivity contribution in [3.8, 4) is 11.5 Å². The molecule has 1 fully saturated rings. The van der Waals surface area contributed by atoms with Crippen molar-refractivity contribution in [3.63, 3.8) is 0 Å². The zero-order valence-electron chi connectivity index (χ0n) is 19.9. The molecule has 1 aliphatic heterocycles. The first kappa shape index (κ1) is 23.0. The van der Waals surface area contributed by atoms with Gasteiger partial charge in [-0.25, -0.2) is 0 Å². The predicted molar refractivity (Wildman–Crippen MR) is 135 cm³/mol. The van der Waals surface area contributed by atoms with Crippen molar-refractivity contribution in [1.29, 1.82) is 0 Å². The minimum atomic E-state index is -0.877. The number of benzene rings is 3. The third-order valence-corrected chi connectivity index (χ3v) is 6.66.